The van der Waals surface area contributed by atoms with Crippen LogP contribution in [-0.4, -0.2) is 38.0 Å². The number of nitrogens with one attached hydrogen (secondary N) is 2. The van der Waals surface area contributed by atoms with Gasteiger partial charge in [0.1, 0.15) is 6.04 Å². The van der Waals surface area contributed by atoms with Gasteiger partial charge in [-0.2, -0.15) is 0 Å². The molecule has 1 heterocycles. The Hall–Kier alpha value is -2.61. The van der Waals surface area contributed by atoms with Crippen LogP contribution in [-0.2, 0) is 14.3 Å². The molecular formula is C21H24ClN3O4. The molecule has 2 aromatic carbocycles. The Kier molecular flexibility index (Phi) is 7.09. The second-order valence-electron chi connectivity index (χ2n) is 6.39. The van der Waals surface area contributed by atoms with E-state index >= 15 is 0 Å². The van der Waals surface area contributed by atoms with Crippen molar-refractivity contribution in [2.75, 3.05) is 30.0 Å². The third kappa shape index (κ3) is 5.06. The highest BCUT2D eigenvalue weighted by molar-refractivity contribution is 6.30. The van der Waals surface area contributed by atoms with Crippen LogP contribution in [0.25, 0.3) is 0 Å². The van der Waals surface area contributed by atoms with Crippen molar-refractivity contribution in [3.8, 4) is 0 Å². The van der Waals surface area contributed by atoms with Crippen molar-refractivity contribution < 1.29 is 19.1 Å². The van der Waals surface area contributed by atoms with Crippen molar-refractivity contribution in [1.29, 1.82) is 0 Å². The van der Waals surface area contributed by atoms with Gasteiger partial charge < -0.3 is 25.0 Å². The van der Waals surface area contributed by atoms with Gasteiger partial charge in [0.15, 0.2) is 6.29 Å². The molecule has 0 aromatic heterocycles. The van der Waals surface area contributed by atoms with E-state index in [4.69, 9.17) is 21.1 Å². The number of ether oxygens (including phenoxy) is 2. The minimum absolute atomic E-state index is 0.239. The molecule has 0 saturated carbocycles. The molecule has 0 fully saturated rings. The van der Waals surface area contributed by atoms with Crippen LogP contribution in [0, 0.1) is 0 Å². The second kappa shape index (κ2) is 9.73. The lowest BCUT2D eigenvalue weighted by Gasteiger charge is -2.24. The van der Waals surface area contributed by atoms with Crippen LogP contribution >= 0.6 is 11.6 Å². The number of carbonyl (C=O) groups excluding carboxylic acids is 2. The summed E-state index contributed by atoms with van der Waals surface area (Å²) in [6.07, 6.45) is -0.541. The lowest BCUT2D eigenvalue weighted by molar-refractivity contribution is -0.135. The van der Waals surface area contributed by atoms with Gasteiger partial charge in [0.2, 0.25) is 0 Å². The quantitative estimate of drug-likeness (QED) is 0.637. The number of hydrogen-bond acceptors (Lipinski definition) is 4. The van der Waals surface area contributed by atoms with E-state index in [2.05, 4.69) is 10.6 Å². The zero-order chi connectivity index (χ0) is 20.8. The van der Waals surface area contributed by atoms with Crippen LogP contribution in [0.15, 0.2) is 48.5 Å². The van der Waals surface area contributed by atoms with Crippen LogP contribution in [0.4, 0.5) is 16.2 Å². The van der Waals surface area contributed by atoms with Crippen molar-refractivity contribution >= 4 is 34.9 Å². The van der Waals surface area contributed by atoms with Gasteiger partial charge in [-0.25, -0.2) is 4.79 Å². The fourth-order valence-electron chi connectivity index (χ4n) is 3.25. The Morgan fingerprint density at radius 2 is 1.86 bits per heavy atom. The number of fused-ring (bicyclic) bond motifs is 1. The molecule has 8 heteroatoms. The van der Waals surface area contributed by atoms with Crippen LogP contribution in [0.1, 0.15) is 25.5 Å². The van der Waals surface area contributed by atoms with E-state index in [0.29, 0.717) is 23.9 Å². The van der Waals surface area contributed by atoms with Crippen LogP contribution in [0.3, 0.4) is 0 Å². The van der Waals surface area contributed by atoms with Gasteiger partial charge in [0.25, 0.3) is 5.91 Å². The first-order valence-corrected chi connectivity index (χ1v) is 9.87. The van der Waals surface area contributed by atoms with Gasteiger partial charge in [0.05, 0.1) is 6.54 Å². The number of carbonyl (C=O) groups is 2. The molecule has 154 valence electrons. The van der Waals surface area contributed by atoms with E-state index in [9.17, 15) is 9.59 Å². The predicted octanol–water partition coefficient (Wildman–Crippen LogP) is 3.95. The molecule has 1 atom stereocenters. The zero-order valence-electron chi connectivity index (χ0n) is 16.4. The van der Waals surface area contributed by atoms with E-state index in [0.717, 1.165) is 11.3 Å². The molecule has 0 spiro atoms. The number of halogens is 1. The molecule has 29 heavy (non-hydrogen) atoms. The largest absolute Gasteiger partial charge is 0.351 e. The Balaban J connectivity index is 1.75. The van der Waals surface area contributed by atoms with Crippen molar-refractivity contribution in [2.45, 2.75) is 26.2 Å². The van der Waals surface area contributed by atoms with E-state index in [1.165, 1.54) is 0 Å². The Morgan fingerprint density at radius 1 is 1.14 bits per heavy atom. The van der Waals surface area contributed by atoms with Gasteiger partial charge in [-0.3, -0.25) is 4.79 Å². The maximum atomic E-state index is 13.1. The maximum absolute atomic E-state index is 13.1. The molecular weight excluding hydrogens is 394 g/mol. The molecule has 3 amide bonds. The van der Waals surface area contributed by atoms with E-state index in [-0.39, 0.29) is 12.5 Å². The lowest BCUT2D eigenvalue weighted by atomic mass is 10.1. The molecule has 2 aromatic rings. The summed E-state index contributed by atoms with van der Waals surface area (Å²) < 4.78 is 11.2. The van der Waals surface area contributed by atoms with Gasteiger partial charge in [-0.15, -0.1) is 0 Å². The third-order valence-corrected chi connectivity index (χ3v) is 4.68. The summed E-state index contributed by atoms with van der Waals surface area (Å²) in [5.74, 6) is -0.239. The number of hydrogen-bond donors (Lipinski definition) is 2. The van der Waals surface area contributed by atoms with Crippen molar-refractivity contribution in [1.82, 2.24) is 5.32 Å². The van der Waals surface area contributed by atoms with E-state index in [1.54, 1.807) is 29.2 Å². The van der Waals surface area contributed by atoms with Crippen molar-refractivity contribution in [3.05, 3.63) is 59.1 Å². The summed E-state index contributed by atoms with van der Waals surface area (Å²) in [6, 6.07) is 12.9. The average Bonchev–Trinajstić information content (AvgIpc) is 2.94. The standard InChI is InChI=1S/C21H24ClN3O4/c1-3-28-18(29-4-2)13-25-17-11-6-5-10-16(17)19(20(25)26)24-21(27)23-15-9-7-8-14(22)12-15/h5-12,18-19H,3-4,13H2,1-2H3,(H2,23,24,27). The van der Waals surface area contributed by atoms with E-state index < -0.39 is 18.4 Å². The first-order chi connectivity index (χ1) is 14.0. The molecule has 0 radical (unpaired) electrons. The number of urea groups is 1. The van der Waals surface area contributed by atoms with Crippen molar-refractivity contribution in [2.24, 2.45) is 0 Å². The highest BCUT2D eigenvalue weighted by atomic mass is 35.5. The lowest BCUT2D eigenvalue weighted by Crippen LogP contribution is -2.43. The summed E-state index contributed by atoms with van der Waals surface area (Å²) in [4.78, 5) is 27.2. The SMILES string of the molecule is CCOC(CN1C(=O)C(NC(=O)Nc2cccc(Cl)c2)c2ccccc21)OCC. The number of para-hydroxylation sites is 1. The highest BCUT2D eigenvalue weighted by Crippen LogP contribution is 2.36. The summed E-state index contributed by atoms with van der Waals surface area (Å²) >= 11 is 5.95. The number of amides is 3. The normalized spacial score (nSPS) is 15.5. The monoisotopic (exact) mass is 417 g/mol. The highest BCUT2D eigenvalue weighted by Gasteiger charge is 2.39. The topological polar surface area (TPSA) is 79.9 Å². The molecule has 3 rings (SSSR count). The Morgan fingerprint density at radius 3 is 2.55 bits per heavy atom. The third-order valence-electron chi connectivity index (χ3n) is 4.45. The van der Waals surface area contributed by atoms with Gasteiger partial charge >= 0.3 is 6.03 Å². The van der Waals surface area contributed by atoms with Gasteiger partial charge in [-0.05, 0) is 38.1 Å². The van der Waals surface area contributed by atoms with Crippen LogP contribution in [0.5, 0.6) is 0 Å². The first-order valence-electron chi connectivity index (χ1n) is 9.50. The summed E-state index contributed by atoms with van der Waals surface area (Å²) in [5.41, 5.74) is 2.00. The molecule has 7 nitrogen and oxygen atoms in total. The number of benzene rings is 2. The molecule has 0 aliphatic carbocycles. The predicted molar refractivity (Wildman–Crippen MR) is 112 cm³/mol. The average molecular weight is 418 g/mol. The number of rotatable bonds is 8. The smallest absolute Gasteiger partial charge is 0.320 e. The second-order valence-corrected chi connectivity index (χ2v) is 6.83. The minimum atomic E-state index is -0.797. The number of nitrogens with zero attached hydrogens (tertiary/aromatic N) is 1. The minimum Gasteiger partial charge on any atom is -0.351 e. The molecule has 0 bridgehead atoms. The Labute approximate surface area is 174 Å². The van der Waals surface area contributed by atoms with Crippen LogP contribution in [0.2, 0.25) is 5.02 Å². The zero-order valence-corrected chi connectivity index (χ0v) is 17.1. The first kappa shape index (κ1) is 21.1. The summed E-state index contributed by atoms with van der Waals surface area (Å²) in [6.45, 7) is 4.92. The molecule has 1 unspecified atom stereocenters. The molecule has 2 N–H and O–H groups in total. The van der Waals surface area contributed by atoms with Gasteiger partial charge in [0, 0.05) is 35.2 Å². The molecule has 0 saturated heterocycles. The maximum Gasteiger partial charge on any atom is 0.320 e. The summed E-state index contributed by atoms with van der Waals surface area (Å²) in [7, 11) is 0. The fraction of sp³-hybridized carbons (Fsp3) is 0.333. The molecule has 1 aliphatic rings. The van der Waals surface area contributed by atoms with Gasteiger partial charge in [-0.1, -0.05) is 35.9 Å². The Bertz CT molecular complexity index is 871. The molecule has 1 aliphatic heterocycles. The number of anilines is 2. The fourth-order valence-corrected chi connectivity index (χ4v) is 3.44. The van der Waals surface area contributed by atoms with E-state index in [1.807, 2.05) is 38.1 Å². The van der Waals surface area contributed by atoms with Crippen LogP contribution < -0.4 is 15.5 Å². The summed E-state index contributed by atoms with van der Waals surface area (Å²) in [5, 5.41) is 5.97. The van der Waals surface area contributed by atoms with Crippen molar-refractivity contribution in [3.63, 3.8) is 0 Å².